The molecule has 9 heteroatoms. The minimum absolute atomic E-state index is 0.162. The van der Waals surface area contributed by atoms with Gasteiger partial charge in [-0.3, -0.25) is 9.55 Å². The van der Waals surface area contributed by atoms with Crippen LogP contribution in [0, 0.1) is 0 Å². The summed E-state index contributed by atoms with van der Waals surface area (Å²) in [5, 5.41) is 0.364. The topological polar surface area (TPSA) is 109 Å². The molecule has 4 heterocycles. The Morgan fingerprint density at radius 1 is 1.30 bits per heavy atom. The fourth-order valence-corrected chi connectivity index (χ4v) is 4.17. The molecular formula is C21H21ClN6O2. The van der Waals surface area contributed by atoms with E-state index in [9.17, 15) is 9.59 Å². The summed E-state index contributed by atoms with van der Waals surface area (Å²) >= 11 is 6.18. The molecule has 0 unspecified atom stereocenters. The minimum atomic E-state index is -0.187. The molecule has 1 saturated carbocycles. The first kappa shape index (κ1) is 19.0. The predicted octanol–water partition coefficient (Wildman–Crippen LogP) is 3.49. The SMILES string of the molecule is CC(=O)CCCc1cc(Cl)nc2nc(Cn3c(=O)[nH]c4ccnc(C5CC5)c43)[nH]c12. The average molecular weight is 425 g/mol. The van der Waals surface area contributed by atoms with E-state index in [4.69, 9.17) is 11.6 Å². The maximum Gasteiger partial charge on any atom is 0.326 e. The first-order chi connectivity index (χ1) is 14.5. The maximum absolute atomic E-state index is 12.6. The molecule has 0 bridgehead atoms. The maximum atomic E-state index is 12.6. The van der Waals surface area contributed by atoms with Crippen LogP contribution in [0.15, 0.2) is 23.1 Å². The third-order valence-electron chi connectivity index (χ3n) is 5.52. The van der Waals surface area contributed by atoms with Gasteiger partial charge in [0.05, 0.1) is 28.8 Å². The number of ketones is 1. The van der Waals surface area contributed by atoms with E-state index in [0.717, 1.165) is 47.1 Å². The molecule has 0 spiro atoms. The zero-order valence-electron chi connectivity index (χ0n) is 16.5. The van der Waals surface area contributed by atoms with Crippen molar-refractivity contribution in [3.8, 4) is 0 Å². The summed E-state index contributed by atoms with van der Waals surface area (Å²) in [7, 11) is 0. The van der Waals surface area contributed by atoms with Gasteiger partial charge in [-0.2, -0.15) is 0 Å². The van der Waals surface area contributed by atoms with Gasteiger partial charge in [0.25, 0.3) is 0 Å². The number of Topliss-reactive ketones (excluding diaryl/α,β-unsaturated/α-hetero) is 1. The summed E-state index contributed by atoms with van der Waals surface area (Å²) in [5.41, 5.74) is 4.70. The number of aryl methyl sites for hydroxylation is 1. The molecule has 0 aliphatic heterocycles. The van der Waals surface area contributed by atoms with Crippen molar-refractivity contribution < 1.29 is 4.79 Å². The van der Waals surface area contributed by atoms with E-state index in [1.165, 1.54) is 0 Å². The Morgan fingerprint density at radius 3 is 2.90 bits per heavy atom. The van der Waals surface area contributed by atoms with Crippen LogP contribution in [-0.4, -0.2) is 35.3 Å². The van der Waals surface area contributed by atoms with Gasteiger partial charge in [0, 0.05) is 18.5 Å². The molecule has 2 N–H and O–H groups in total. The summed E-state index contributed by atoms with van der Waals surface area (Å²) in [6, 6.07) is 3.63. The van der Waals surface area contributed by atoms with E-state index >= 15 is 0 Å². The van der Waals surface area contributed by atoms with E-state index in [1.807, 2.05) is 6.07 Å². The van der Waals surface area contributed by atoms with Gasteiger partial charge in [0.1, 0.15) is 16.8 Å². The van der Waals surface area contributed by atoms with Crippen molar-refractivity contribution in [1.29, 1.82) is 0 Å². The highest BCUT2D eigenvalue weighted by Gasteiger charge is 2.29. The number of carbonyl (C=O) groups excluding carboxylic acids is 1. The standard InChI is InChI=1S/C21H21ClN6O2/c1-11(29)3-2-4-13-9-15(22)25-20-18(13)26-16(27-20)10-28-19-14(24-21(28)30)7-8-23-17(19)12-5-6-12/h7-9,12H,2-6,10H2,1H3,(H,24,30)(H,25,26,27). The summed E-state index contributed by atoms with van der Waals surface area (Å²) < 4.78 is 1.69. The van der Waals surface area contributed by atoms with E-state index in [0.29, 0.717) is 35.4 Å². The third-order valence-corrected chi connectivity index (χ3v) is 5.71. The number of pyridine rings is 2. The highest BCUT2D eigenvalue weighted by molar-refractivity contribution is 6.29. The van der Waals surface area contributed by atoms with Gasteiger partial charge in [-0.15, -0.1) is 0 Å². The summed E-state index contributed by atoms with van der Waals surface area (Å²) in [6.45, 7) is 1.87. The van der Waals surface area contributed by atoms with Crippen molar-refractivity contribution in [2.75, 3.05) is 0 Å². The van der Waals surface area contributed by atoms with Gasteiger partial charge >= 0.3 is 5.69 Å². The van der Waals surface area contributed by atoms with Crippen molar-refractivity contribution in [3.05, 3.63) is 51.0 Å². The zero-order chi connectivity index (χ0) is 20.8. The van der Waals surface area contributed by atoms with Gasteiger partial charge in [0.15, 0.2) is 5.65 Å². The molecule has 154 valence electrons. The number of carbonyl (C=O) groups is 1. The molecule has 4 aromatic rings. The van der Waals surface area contributed by atoms with E-state index in [-0.39, 0.29) is 18.0 Å². The number of imidazole rings is 2. The van der Waals surface area contributed by atoms with Crippen LogP contribution in [0.3, 0.4) is 0 Å². The highest BCUT2D eigenvalue weighted by Crippen LogP contribution is 2.41. The number of halogens is 1. The molecule has 8 nitrogen and oxygen atoms in total. The minimum Gasteiger partial charge on any atom is -0.339 e. The monoisotopic (exact) mass is 424 g/mol. The van der Waals surface area contributed by atoms with Crippen LogP contribution in [-0.2, 0) is 17.8 Å². The Morgan fingerprint density at radius 2 is 2.13 bits per heavy atom. The largest absolute Gasteiger partial charge is 0.339 e. The van der Waals surface area contributed by atoms with Gasteiger partial charge in [0.2, 0.25) is 0 Å². The Bertz CT molecular complexity index is 1330. The number of hydrogen-bond donors (Lipinski definition) is 2. The number of hydrogen-bond acceptors (Lipinski definition) is 5. The van der Waals surface area contributed by atoms with Gasteiger partial charge in [-0.05, 0) is 50.3 Å². The van der Waals surface area contributed by atoms with Crippen LogP contribution in [0.4, 0.5) is 0 Å². The number of fused-ring (bicyclic) bond motifs is 2. The zero-order valence-corrected chi connectivity index (χ0v) is 17.3. The molecular weight excluding hydrogens is 404 g/mol. The molecule has 1 aliphatic carbocycles. The van der Waals surface area contributed by atoms with Crippen molar-refractivity contribution in [2.24, 2.45) is 0 Å². The second-order valence-electron chi connectivity index (χ2n) is 7.92. The number of nitrogens with one attached hydrogen (secondary N) is 2. The number of nitrogens with zero attached hydrogens (tertiary/aromatic N) is 4. The van der Waals surface area contributed by atoms with E-state index in [1.54, 1.807) is 23.8 Å². The van der Waals surface area contributed by atoms with Crippen LogP contribution in [0.25, 0.3) is 22.2 Å². The first-order valence-electron chi connectivity index (χ1n) is 10.1. The lowest BCUT2D eigenvalue weighted by Gasteiger charge is -2.05. The third kappa shape index (κ3) is 3.52. The molecule has 4 aromatic heterocycles. The fourth-order valence-electron chi connectivity index (χ4n) is 3.96. The number of aromatic amines is 2. The Hall–Kier alpha value is -3.00. The quantitative estimate of drug-likeness (QED) is 0.441. The van der Waals surface area contributed by atoms with Gasteiger partial charge in [-0.1, -0.05) is 11.6 Å². The van der Waals surface area contributed by atoms with Crippen LogP contribution in [0.1, 0.15) is 55.6 Å². The lowest BCUT2D eigenvalue weighted by molar-refractivity contribution is -0.117. The second-order valence-corrected chi connectivity index (χ2v) is 8.31. The Balaban J connectivity index is 1.53. The van der Waals surface area contributed by atoms with Crippen LogP contribution >= 0.6 is 11.6 Å². The Kier molecular flexibility index (Phi) is 4.66. The normalized spacial score (nSPS) is 14.1. The predicted molar refractivity (Wildman–Crippen MR) is 114 cm³/mol. The number of aromatic nitrogens is 6. The van der Waals surface area contributed by atoms with E-state index in [2.05, 4.69) is 24.9 Å². The molecule has 1 fully saturated rings. The molecule has 0 saturated heterocycles. The molecule has 0 amide bonds. The van der Waals surface area contributed by atoms with Crippen LogP contribution < -0.4 is 5.69 Å². The molecule has 5 rings (SSSR count). The molecule has 0 aromatic carbocycles. The van der Waals surface area contributed by atoms with Crippen LogP contribution in [0.2, 0.25) is 5.15 Å². The molecule has 0 radical (unpaired) electrons. The molecule has 0 atom stereocenters. The van der Waals surface area contributed by atoms with Gasteiger partial charge < -0.3 is 14.8 Å². The smallest absolute Gasteiger partial charge is 0.326 e. The fraction of sp³-hybridized carbons (Fsp3) is 0.381. The van der Waals surface area contributed by atoms with E-state index < -0.39 is 0 Å². The summed E-state index contributed by atoms with van der Waals surface area (Å²) in [4.78, 5) is 43.6. The highest BCUT2D eigenvalue weighted by atomic mass is 35.5. The summed E-state index contributed by atoms with van der Waals surface area (Å²) in [5.74, 6) is 1.20. The average Bonchev–Trinajstić information content (AvgIpc) is 3.38. The van der Waals surface area contributed by atoms with Crippen LogP contribution in [0.5, 0.6) is 0 Å². The second kappa shape index (κ2) is 7.36. The van der Waals surface area contributed by atoms with Crippen molar-refractivity contribution in [1.82, 2.24) is 29.5 Å². The molecule has 30 heavy (non-hydrogen) atoms. The number of rotatable bonds is 7. The molecule has 1 aliphatic rings. The first-order valence-corrected chi connectivity index (χ1v) is 10.5. The Labute approximate surface area is 176 Å². The van der Waals surface area contributed by atoms with Crippen molar-refractivity contribution in [3.63, 3.8) is 0 Å². The number of H-pyrrole nitrogens is 2. The van der Waals surface area contributed by atoms with Gasteiger partial charge in [-0.25, -0.2) is 14.8 Å². The lowest BCUT2D eigenvalue weighted by Crippen LogP contribution is -2.18. The summed E-state index contributed by atoms with van der Waals surface area (Å²) in [6.07, 6.45) is 5.89. The lowest BCUT2D eigenvalue weighted by atomic mass is 10.1. The van der Waals surface area contributed by atoms with Crippen molar-refractivity contribution in [2.45, 2.75) is 51.5 Å². The van der Waals surface area contributed by atoms with Crippen molar-refractivity contribution >= 4 is 39.6 Å².